The second-order valence-electron chi connectivity index (χ2n) is 4.28. The largest absolute Gasteiger partial charge is 0.462 e. The number of esters is 1. The summed E-state index contributed by atoms with van der Waals surface area (Å²) in [6, 6.07) is -0.176. The van der Waals surface area contributed by atoms with Crippen LogP contribution in [-0.4, -0.2) is 49.1 Å². The summed E-state index contributed by atoms with van der Waals surface area (Å²) in [6.45, 7) is 4.62. The molecule has 1 aliphatic rings. The zero-order valence-electron chi connectivity index (χ0n) is 10.2. The molecule has 0 spiro atoms. The fraction of sp³-hybridized carbons (Fsp3) is 0.818. The maximum absolute atomic E-state index is 11.5. The van der Waals surface area contributed by atoms with Crippen LogP contribution in [0.3, 0.4) is 0 Å². The molecule has 1 amide bonds. The summed E-state index contributed by atoms with van der Waals surface area (Å²) >= 11 is 0. The molecule has 1 atom stereocenters. The van der Waals surface area contributed by atoms with Crippen molar-refractivity contribution in [3.8, 4) is 0 Å². The highest BCUT2D eigenvalue weighted by molar-refractivity contribution is 5.82. The first kappa shape index (κ1) is 13.0. The Morgan fingerprint density at radius 3 is 2.75 bits per heavy atom. The van der Waals surface area contributed by atoms with Gasteiger partial charge in [0.15, 0.2) is 0 Å². The quantitative estimate of drug-likeness (QED) is 0.696. The van der Waals surface area contributed by atoms with Gasteiger partial charge in [0.2, 0.25) is 5.91 Å². The fourth-order valence-corrected chi connectivity index (χ4v) is 1.94. The number of likely N-dealkylation sites (N-methyl/N-ethyl adjacent to an activating group) is 1. The molecular formula is C11H20N2O3. The Labute approximate surface area is 96.1 Å². The van der Waals surface area contributed by atoms with Gasteiger partial charge in [-0.05, 0) is 33.2 Å². The molecule has 1 aliphatic heterocycles. The van der Waals surface area contributed by atoms with Crippen LogP contribution in [0.1, 0.15) is 26.7 Å². The molecule has 0 radical (unpaired) electrons. The van der Waals surface area contributed by atoms with Crippen LogP contribution in [0.5, 0.6) is 0 Å². The molecule has 0 aromatic rings. The van der Waals surface area contributed by atoms with E-state index in [-0.39, 0.29) is 30.6 Å². The van der Waals surface area contributed by atoms with Crippen LogP contribution >= 0.6 is 0 Å². The molecule has 0 bridgehead atoms. The van der Waals surface area contributed by atoms with Gasteiger partial charge in [0.25, 0.3) is 0 Å². The molecule has 0 aromatic carbocycles. The third-order valence-electron chi connectivity index (χ3n) is 2.61. The summed E-state index contributed by atoms with van der Waals surface area (Å²) in [4.78, 5) is 24.9. The highest BCUT2D eigenvalue weighted by atomic mass is 16.5. The zero-order valence-corrected chi connectivity index (χ0v) is 10.2. The predicted octanol–water partition coefficient (Wildman–Crippen LogP) is 0.148. The van der Waals surface area contributed by atoms with Crippen LogP contribution in [-0.2, 0) is 14.3 Å². The van der Waals surface area contributed by atoms with Crippen molar-refractivity contribution in [1.29, 1.82) is 0 Å². The van der Waals surface area contributed by atoms with E-state index in [9.17, 15) is 9.59 Å². The number of ether oxygens (including phenoxy) is 1. The molecule has 1 fully saturated rings. The van der Waals surface area contributed by atoms with Crippen molar-refractivity contribution in [2.75, 3.05) is 20.1 Å². The van der Waals surface area contributed by atoms with Crippen LogP contribution in [0.15, 0.2) is 0 Å². The number of carbonyl (C=O) groups is 2. The monoisotopic (exact) mass is 228 g/mol. The van der Waals surface area contributed by atoms with Gasteiger partial charge in [0.1, 0.15) is 0 Å². The van der Waals surface area contributed by atoms with Gasteiger partial charge in [-0.3, -0.25) is 14.5 Å². The van der Waals surface area contributed by atoms with E-state index in [0.717, 1.165) is 19.4 Å². The molecule has 1 rings (SSSR count). The van der Waals surface area contributed by atoms with Crippen molar-refractivity contribution < 1.29 is 14.3 Å². The number of hydrogen-bond acceptors (Lipinski definition) is 4. The van der Waals surface area contributed by atoms with Gasteiger partial charge in [0.05, 0.1) is 18.7 Å². The number of hydrogen-bond donors (Lipinski definition) is 1. The Balaban J connectivity index is 2.46. The standard InChI is InChI=1S/C11H20N2O3/c1-8(2)16-10(14)7-13-6-4-5-9(13)11(15)12-3/h8-9H,4-7H2,1-3H3,(H,12,15). The Kier molecular flexibility index (Phi) is 4.73. The molecule has 1 unspecified atom stereocenters. The second-order valence-corrected chi connectivity index (χ2v) is 4.28. The SMILES string of the molecule is CNC(=O)C1CCCN1CC(=O)OC(C)C. The first-order chi connectivity index (χ1) is 7.54. The van der Waals surface area contributed by atoms with Crippen molar-refractivity contribution in [3.63, 3.8) is 0 Å². The van der Waals surface area contributed by atoms with Crippen molar-refractivity contribution in [2.24, 2.45) is 0 Å². The molecule has 0 saturated carbocycles. The summed E-state index contributed by atoms with van der Waals surface area (Å²) < 4.78 is 5.06. The van der Waals surface area contributed by atoms with Crippen molar-refractivity contribution >= 4 is 11.9 Å². The average molecular weight is 228 g/mol. The smallest absolute Gasteiger partial charge is 0.320 e. The Hall–Kier alpha value is -1.10. The van der Waals surface area contributed by atoms with Crippen LogP contribution in [0.4, 0.5) is 0 Å². The van der Waals surface area contributed by atoms with Crippen molar-refractivity contribution in [3.05, 3.63) is 0 Å². The minimum Gasteiger partial charge on any atom is -0.462 e. The molecule has 1 N–H and O–H groups in total. The maximum atomic E-state index is 11.5. The molecule has 1 heterocycles. The van der Waals surface area contributed by atoms with Crippen LogP contribution in [0.2, 0.25) is 0 Å². The summed E-state index contributed by atoms with van der Waals surface area (Å²) in [5.74, 6) is -0.277. The molecule has 0 aliphatic carbocycles. The van der Waals surface area contributed by atoms with E-state index in [0.29, 0.717) is 0 Å². The molecule has 1 saturated heterocycles. The number of nitrogens with zero attached hydrogens (tertiary/aromatic N) is 1. The minimum absolute atomic E-state index is 0.0187. The first-order valence-corrected chi connectivity index (χ1v) is 5.69. The van der Waals surface area contributed by atoms with Gasteiger partial charge in [-0.15, -0.1) is 0 Å². The molecule has 92 valence electrons. The number of likely N-dealkylation sites (tertiary alicyclic amines) is 1. The molecule has 16 heavy (non-hydrogen) atoms. The first-order valence-electron chi connectivity index (χ1n) is 5.69. The maximum Gasteiger partial charge on any atom is 0.320 e. The number of carbonyl (C=O) groups excluding carboxylic acids is 2. The van der Waals surface area contributed by atoms with E-state index < -0.39 is 0 Å². The predicted molar refractivity (Wildman–Crippen MR) is 59.9 cm³/mol. The van der Waals surface area contributed by atoms with E-state index in [1.807, 2.05) is 18.7 Å². The number of nitrogens with one attached hydrogen (secondary N) is 1. The summed E-state index contributed by atoms with van der Waals surface area (Å²) in [5, 5.41) is 2.62. The average Bonchev–Trinajstić information content (AvgIpc) is 2.63. The minimum atomic E-state index is -0.259. The van der Waals surface area contributed by atoms with E-state index in [2.05, 4.69) is 5.32 Å². The zero-order chi connectivity index (χ0) is 12.1. The lowest BCUT2D eigenvalue weighted by Crippen LogP contribution is -2.44. The third-order valence-corrected chi connectivity index (χ3v) is 2.61. The van der Waals surface area contributed by atoms with Crippen LogP contribution in [0.25, 0.3) is 0 Å². The second kappa shape index (κ2) is 5.84. The lowest BCUT2D eigenvalue weighted by atomic mass is 10.2. The lowest BCUT2D eigenvalue weighted by molar-refractivity contribution is -0.149. The third kappa shape index (κ3) is 3.48. The Morgan fingerprint density at radius 2 is 2.19 bits per heavy atom. The van der Waals surface area contributed by atoms with Crippen LogP contribution < -0.4 is 5.32 Å². The van der Waals surface area contributed by atoms with Crippen LogP contribution in [0, 0.1) is 0 Å². The molecule has 5 heteroatoms. The molecular weight excluding hydrogens is 208 g/mol. The number of rotatable bonds is 4. The molecule has 5 nitrogen and oxygen atoms in total. The van der Waals surface area contributed by atoms with Crippen molar-refractivity contribution in [2.45, 2.75) is 38.8 Å². The summed E-state index contributed by atoms with van der Waals surface area (Å²) in [6.07, 6.45) is 1.66. The van der Waals surface area contributed by atoms with E-state index in [4.69, 9.17) is 4.74 Å². The van der Waals surface area contributed by atoms with Crippen molar-refractivity contribution in [1.82, 2.24) is 10.2 Å². The van der Waals surface area contributed by atoms with Gasteiger partial charge in [0, 0.05) is 7.05 Å². The Morgan fingerprint density at radius 1 is 1.50 bits per heavy atom. The van der Waals surface area contributed by atoms with Gasteiger partial charge in [-0.25, -0.2) is 0 Å². The normalized spacial score (nSPS) is 21.1. The topological polar surface area (TPSA) is 58.6 Å². The number of amides is 1. The highest BCUT2D eigenvalue weighted by Crippen LogP contribution is 2.16. The van der Waals surface area contributed by atoms with Gasteiger partial charge in [-0.1, -0.05) is 0 Å². The summed E-state index contributed by atoms with van der Waals surface area (Å²) in [7, 11) is 1.62. The fourth-order valence-electron chi connectivity index (χ4n) is 1.94. The van der Waals surface area contributed by atoms with Gasteiger partial charge in [-0.2, -0.15) is 0 Å². The lowest BCUT2D eigenvalue weighted by Gasteiger charge is -2.22. The van der Waals surface area contributed by atoms with E-state index in [1.54, 1.807) is 7.05 Å². The molecule has 0 aromatic heterocycles. The van der Waals surface area contributed by atoms with E-state index >= 15 is 0 Å². The highest BCUT2D eigenvalue weighted by Gasteiger charge is 2.31. The van der Waals surface area contributed by atoms with Gasteiger partial charge >= 0.3 is 5.97 Å². The Bertz CT molecular complexity index is 266. The summed E-state index contributed by atoms with van der Waals surface area (Å²) in [5.41, 5.74) is 0. The van der Waals surface area contributed by atoms with Gasteiger partial charge < -0.3 is 10.1 Å². The van der Waals surface area contributed by atoms with E-state index in [1.165, 1.54) is 0 Å².